The Labute approximate surface area is 197 Å². The molecule has 0 radical (unpaired) electrons. The topological polar surface area (TPSA) is 57.2 Å². The number of hydrogen-bond acceptors (Lipinski definition) is 3. The zero-order valence-electron chi connectivity index (χ0n) is 16.1. The molecular formula is C20H33KO3S. The summed E-state index contributed by atoms with van der Waals surface area (Å²) >= 11 is 0. The molecule has 0 aliphatic carbocycles. The van der Waals surface area contributed by atoms with E-state index in [-0.39, 0.29) is 56.3 Å². The molecule has 0 fully saturated rings. The molecule has 0 aliphatic heterocycles. The van der Waals surface area contributed by atoms with Crippen LogP contribution in [0.2, 0.25) is 0 Å². The second-order valence-corrected chi connectivity index (χ2v) is 8.05. The van der Waals surface area contributed by atoms with Gasteiger partial charge >= 0.3 is 51.4 Å². The van der Waals surface area contributed by atoms with Crippen LogP contribution in [-0.2, 0) is 16.5 Å². The van der Waals surface area contributed by atoms with E-state index in [1.54, 1.807) is 18.2 Å². The van der Waals surface area contributed by atoms with Gasteiger partial charge in [0.1, 0.15) is 10.1 Å². The van der Waals surface area contributed by atoms with E-state index in [2.05, 4.69) is 6.92 Å². The molecule has 0 N–H and O–H groups in total. The van der Waals surface area contributed by atoms with Gasteiger partial charge in [0.05, 0.1) is 4.90 Å². The summed E-state index contributed by atoms with van der Waals surface area (Å²) in [4.78, 5) is -0.0481. The van der Waals surface area contributed by atoms with Gasteiger partial charge in [-0.2, -0.15) is 0 Å². The summed E-state index contributed by atoms with van der Waals surface area (Å²) in [5, 5.41) is 0. The molecule has 0 spiro atoms. The van der Waals surface area contributed by atoms with E-state index in [0.29, 0.717) is 12.0 Å². The van der Waals surface area contributed by atoms with Crippen LogP contribution >= 0.6 is 0 Å². The normalized spacial score (nSPS) is 11.3. The molecule has 1 aromatic rings. The van der Waals surface area contributed by atoms with Crippen LogP contribution in [0.25, 0.3) is 0 Å². The Balaban J connectivity index is 0.00000576. The van der Waals surface area contributed by atoms with E-state index in [9.17, 15) is 13.0 Å². The van der Waals surface area contributed by atoms with Gasteiger partial charge < -0.3 is 4.55 Å². The molecule has 1 aromatic carbocycles. The summed E-state index contributed by atoms with van der Waals surface area (Å²) in [6, 6.07) is 6.57. The Morgan fingerprint density at radius 3 is 1.68 bits per heavy atom. The molecule has 0 bridgehead atoms. The zero-order chi connectivity index (χ0) is 17.7. The van der Waals surface area contributed by atoms with E-state index in [4.69, 9.17) is 0 Å². The molecule has 5 heteroatoms. The van der Waals surface area contributed by atoms with Gasteiger partial charge in [-0.1, -0.05) is 95.8 Å². The van der Waals surface area contributed by atoms with Crippen LogP contribution < -0.4 is 51.4 Å². The van der Waals surface area contributed by atoms with Crippen LogP contribution in [0, 0.1) is 0 Å². The SMILES string of the molecule is CCCCCCCCCCCCCCc1ccccc1S(=O)(=O)[O-].[K+]. The van der Waals surface area contributed by atoms with Gasteiger partial charge in [0.15, 0.2) is 0 Å². The third-order valence-electron chi connectivity index (χ3n) is 4.54. The van der Waals surface area contributed by atoms with Gasteiger partial charge in [0.25, 0.3) is 0 Å². The summed E-state index contributed by atoms with van der Waals surface area (Å²) in [6.45, 7) is 2.25. The van der Waals surface area contributed by atoms with Crippen molar-refractivity contribution >= 4 is 10.1 Å². The van der Waals surface area contributed by atoms with Crippen molar-refractivity contribution in [1.29, 1.82) is 0 Å². The molecule has 1 rings (SSSR count). The van der Waals surface area contributed by atoms with E-state index in [1.165, 1.54) is 70.3 Å². The molecule has 138 valence electrons. The predicted molar refractivity (Wildman–Crippen MR) is 99.2 cm³/mol. The number of unbranched alkanes of at least 4 members (excludes halogenated alkanes) is 11. The fourth-order valence-corrected chi connectivity index (χ4v) is 3.85. The van der Waals surface area contributed by atoms with Crippen LogP contribution in [0.15, 0.2) is 29.2 Å². The largest absolute Gasteiger partial charge is 1.00 e. The maximum Gasteiger partial charge on any atom is 1.00 e. The van der Waals surface area contributed by atoms with Crippen LogP contribution in [0.1, 0.15) is 89.5 Å². The molecule has 0 aliphatic rings. The van der Waals surface area contributed by atoms with E-state index in [0.717, 1.165) is 12.8 Å². The summed E-state index contributed by atoms with van der Waals surface area (Å²) in [5.74, 6) is 0. The van der Waals surface area contributed by atoms with Crippen LogP contribution in [0.5, 0.6) is 0 Å². The average Bonchev–Trinajstić information content (AvgIpc) is 2.55. The molecule has 0 saturated carbocycles. The molecule has 0 aromatic heterocycles. The van der Waals surface area contributed by atoms with Crippen LogP contribution in [0.4, 0.5) is 0 Å². The van der Waals surface area contributed by atoms with Gasteiger partial charge in [0, 0.05) is 0 Å². The predicted octanol–water partition coefficient (Wildman–Crippen LogP) is 2.84. The molecule has 0 saturated heterocycles. The smallest absolute Gasteiger partial charge is 0.744 e. The number of benzene rings is 1. The van der Waals surface area contributed by atoms with Crippen molar-refractivity contribution in [1.82, 2.24) is 0 Å². The van der Waals surface area contributed by atoms with Gasteiger partial charge in [0.2, 0.25) is 0 Å². The molecule has 0 amide bonds. The zero-order valence-corrected chi connectivity index (χ0v) is 20.1. The van der Waals surface area contributed by atoms with Crippen molar-refractivity contribution in [3.05, 3.63) is 29.8 Å². The first kappa shape index (κ1) is 25.8. The van der Waals surface area contributed by atoms with Crippen molar-refractivity contribution in [2.24, 2.45) is 0 Å². The third kappa shape index (κ3) is 12.7. The Hall–Kier alpha value is 0.766. The van der Waals surface area contributed by atoms with Crippen molar-refractivity contribution < 1.29 is 64.4 Å². The van der Waals surface area contributed by atoms with Gasteiger partial charge in [-0.15, -0.1) is 0 Å². The Morgan fingerprint density at radius 2 is 1.20 bits per heavy atom. The van der Waals surface area contributed by atoms with Gasteiger partial charge in [-0.25, -0.2) is 8.42 Å². The van der Waals surface area contributed by atoms with Crippen molar-refractivity contribution in [3.63, 3.8) is 0 Å². The first-order valence-electron chi connectivity index (χ1n) is 9.59. The summed E-state index contributed by atoms with van der Waals surface area (Å²) < 4.78 is 33.6. The molecular weight excluding hydrogens is 359 g/mol. The molecule has 0 unspecified atom stereocenters. The first-order valence-corrected chi connectivity index (χ1v) is 11.0. The minimum Gasteiger partial charge on any atom is -0.744 e. The Bertz CT molecular complexity index is 544. The number of hydrogen-bond donors (Lipinski definition) is 0. The van der Waals surface area contributed by atoms with Crippen LogP contribution in [0.3, 0.4) is 0 Å². The van der Waals surface area contributed by atoms with E-state index in [1.807, 2.05) is 0 Å². The summed E-state index contributed by atoms with van der Waals surface area (Å²) in [7, 11) is -4.35. The fourth-order valence-electron chi connectivity index (χ4n) is 3.11. The Kier molecular flexibility index (Phi) is 16.3. The van der Waals surface area contributed by atoms with Crippen LogP contribution in [-0.4, -0.2) is 13.0 Å². The minimum absolute atomic E-state index is 0. The van der Waals surface area contributed by atoms with E-state index >= 15 is 0 Å². The minimum atomic E-state index is -4.35. The summed E-state index contributed by atoms with van der Waals surface area (Å²) in [5.41, 5.74) is 0.666. The molecule has 3 nitrogen and oxygen atoms in total. The monoisotopic (exact) mass is 392 g/mol. The second-order valence-electron chi connectivity index (χ2n) is 6.70. The summed E-state index contributed by atoms with van der Waals surface area (Å²) in [6.07, 6.45) is 16.0. The maximum absolute atomic E-state index is 11.2. The standard InChI is InChI=1S/C20H34O3S.K/c1-2-3-4-5-6-7-8-9-10-11-12-13-16-19-17-14-15-18-20(19)24(21,22)23;/h14-15,17-18H,2-13,16H2,1H3,(H,21,22,23);/q;+1/p-1. The average molecular weight is 393 g/mol. The van der Waals surface area contributed by atoms with Gasteiger partial charge in [-0.3, -0.25) is 0 Å². The maximum atomic E-state index is 11.2. The fraction of sp³-hybridized carbons (Fsp3) is 0.700. The first-order chi connectivity index (χ1) is 11.6. The molecule has 0 atom stereocenters. The Morgan fingerprint density at radius 1 is 0.760 bits per heavy atom. The number of rotatable bonds is 14. The van der Waals surface area contributed by atoms with E-state index < -0.39 is 10.1 Å². The quantitative estimate of drug-likeness (QED) is 0.278. The number of aryl methyl sites for hydroxylation is 1. The molecule has 0 heterocycles. The van der Waals surface area contributed by atoms with Crippen molar-refractivity contribution in [3.8, 4) is 0 Å². The molecule has 25 heavy (non-hydrogen) atoms. The second kappa shape index (κ2) is 15.8. The van der Waals surface area contributed by atoms with Gasteiger partial charge in [-0.05, 0) is 24.5 Å². The third-order valence-corrected chi connectivity index (χ3v) is 5.48. The van der Waals surface area contributed by atoms with Crippen molar-refractivity contribution in [2.75, 3.05) is 0 Å². The van der Waals surface area contributed by atoms with Crippen molar-refractivity contribution in [2.45, 2.75) is 95.3 Å².